The van der Waals surface area contributed by atoms with E-state index in [4.69, 9.17) is 0 Å². The summed E-state index contributed by atoms with van der Waals surface area (Å²) < 4.78 is 0. The van der Waals surface area contributed by atoms with Gasteiger partial charge in [-0.1, -0.05) is 25.5 Å². The maximum absolute atomic E-state index is 10.8. The predicted molar refractivity (Wildman–Crippen MR) is 62.2 cm³/mol. The van der Waals surface area contributed by atoms with Gasteiger partial charge < -0.3 is 0 Å². The summed E-state index contributed by atoms with van der Waals surface area (Å²) in [5.74, 6) is 0. The maximum atomic E-state index is 10.8. The summed E-state index contributed by atoms with van der Waals surface area (Å²) in [6, 6.07) is 6.03. The van der Waals surface area contributed by atoms with Gasteiger partial charge >= 0.3 is 0 Å². The highest BCUT2D eigenvalue weighted by Gasteiger charge is 2.06. The highest BCUT2D eigenvalue weighted by Crippen LogP contribution is 2.28. The lowest BCUT2D eigenvalue weighted by molar-refractivity contribution is 0.112. The highest BCUT2D eigenvalue weighted by molar-refractivity contribution is 8.00. The SMILES string of the molecule is CCC(C)Sc1ccc(C)cc1C=O. The first kappa shape index (κ1) is 11.3. The van der Waals surface area contributed by atoms with Crippen molar-refractivity contribution in [2.24, 2.45) is 0 Å². The minimum Gasteiger partial charge on any atom is -0.298 e. The van der Waals surface area contributed by atoms with E-state index >= 15 is 0 Å². The molecule has 0 N–H and O–H groups in total. The summed E-state index contributed by atoms with van der Waals surface area (Å²) >= 11 is 1.77. The molecule has 0 radical (unpaired) electrons. The van der Waals surface area contributed by atoms with Gasteiger partial charge in [-0.05, 0) is 25.5 Å². The van der Waals surface area contributed by atoms with Gasteiger partial charge in [0.25, 0.3) is 0 Å². The van der Waals surface area contributed by atoms with Gasteiger partial charge in [-0.3, -0.25) is 4.79 Å². The average molecular weight is 208 g/mol. The van der Waals surface area contributed by atoms with Crippen LogP contribution in [-0.4, -0.2) is 11.5 Å². The van der Waals surface area contributed by atoms with Crippen molar-refractivity contribution in [1.82, 2.24) is 0 Å². The van der Waals surface area contributed by atoms with Crippen LogP contribution in [0.1, 0.15) is 36.2 Å². The fourth-order valence-corrected chi connectivity index (χ4v) is 2.16. The van der Waals surface area contributed by atoms with Crippen LogP contribution in [0.15, 0.2) is 23.1 Å². The van der Waals surface area contributed by atoms with E-state index < -0.39 is 0 Å². The van der Waals surface area contributed by atoms with Gasteiger partial charge in [-0.2, -0.15) is 0 Å². The summed E-state index contributed by atoms with van der Waals surface area (Å²) in [6.45, 7) is 6.34. The molecule has 1 aromatic carbocycles. The van der Waals surface area contributed by atoms with Crippen LogP contribution in [0.2, 0.25) is 0 Å². The van der Waals surface area contributed by atoms with Crippen molar-refractivity contribution in [3.05, 3.63) is 29.3 Å². The zero-order chi connectivity index (χ0) is 10.6. The molecular formula is C12H16OS. The number of hydrogen-bond acceptors (Lipinski definition) is 2. The number of thioether (sulfide) groups is 1. The fraction of sp³-hybridized carbons (Fsp3) is 0.417. The number of aldehydes is 1. The third kappa shape index (κ3) is 2.88. The minimum atomic E-state index is 0.566. The van der Waals surface area contributed by atoms with Gasteiger partial charge in [-0.25, -0.2) is 0 Å². The quantitative estimate of drug-likeness (QED) is 0.554. The lowest BCUT2D eigenvalue weighted by Gasteiger charge is -2.10. The molecule has 1 atom stereocenters. The Hall–Kier alpha value is -0.760. The van der Waals surface area contributed by atoms with Crippen LogP contribution >= 0.6 is 11.8 Å². The molecule has 2 heteroatoms. The van der Waals surface area contributed by atoms with Crippen molar-refractivity contribution >= 4 is 18.0 Å². The molecule has 1 rings (SSSR count). The van der Waals surface area contributed by atoms with Crippen molar-refractivity contribution in [3.63, 3.8) is 0 Å². The van der Waals surface area contributed by atoms with Gasteiger partial charge in [0.15, 0.2) is 6.29 Å². The van der Waals surface area contributed by atoms with Crippen LogP contribution in [0, 0.1) is 6.92 Å². The number of carbonyl (C=O) groups excluding carboxylic acids is 1. The van der Waals surface area contributed by atoms with E-state index in [1.165, 1.54) is 0 Å². The number of aryl methyl sites for hydroxylation is 1. The Labute approximate surface area is 89.9 Å². The van der Waals surface area contributed by atoms with Crippen LogP contribution < -0.4 is 0 Å². The topological polar surface area (TPSA) is 17.1 Å². The van der Waals surface area contributed by atoms with Gasteiger partial charge in [0.1, 0.15) is 0 Å². The molecule has 0 bridgehead atoms. The fourth-order valence-electron chi connectivity index (χ4n) is 1.17. The lowest BCUT2D eigenvalue weighted by atomic mass is 10.2. The molecule has 14 heavy (non-hydrogen) atoms. The Balaban J connectivity index is 2.90. The van der Waals surface area contributed by atoms with E-state index in [1.54, 1.807) is 11.8 Å². The molecule has 1 aromatic rings. The normalized spacial score (nSPS) is 12.5. The molecule has 0 saturated carbocycles. The molecular weight excluding hydrogens is 192 g/mol. The average Bonchev–Trinajstić information content (AvgIpc) is 2.20. The first-order valence-corrected chi connectivity index (χ1v) is 5.77. The van der Waals surface area contributed by atoms with E-state index in [2.05, 4.69) is 19.9 Å². The number of carbonyl (C=O) groups is 1. The van der Waals surface area contributed by atoms with Crippen molar-refractivity contribution < 1.29 is 4.79 Å². The van der Waals surface area contributed by atoms with E-state index in [-0.39, 0.29) is 0 Å². The Morgan fingerprint density at radius 1 is 1.50 bits per heavy atom. The Morgan fingerprint density at radius 2 is 2.21 bits per heavy atom. The smallest absolute Gasteiger partial charge is 0.151 e. The molecule has 0 aliphatic carbocycles. The molecule has 0 aromatic heterocycles. The maximum Gasteiger partial charge on any atom is 0.151 e. The van der Waals surface area contributed by atoms with Crippen LogP contribution in [0.4, 0.5) is 0 Å². The second-order valence-electron chi connectivity index (χ2n) is 3.50. The number of rotatable bonds is 4. The lowest BCUT2D eigenvalue weighted by Crippen LogP contribution is -1.95. The summed E-state index contributed by atoms with van der Waals surface area (Å²) in [7, 11) is 0. The second kappa shape index (κ2) is 5.20. The van der Waals surface area contributed by atoms with Gasteiger partial charge in [0.05, 0.1) is 0 Å². The highest BCUT2D eigenvalue weighted by atomic mass is 32.2. The van der Waals surface area contributed by atoms with Crippen molar-refractivity contribution in [2.75, 3.05) is 0 Å². The van der Waals surface area contributed by atoms with E-state index in [0.717, 1.165) is 28.7 Å². The Bertz CT molecular complexity index is 320. The van der Waals surface area contributed by atoms with Gasteiger partial charge in [0, 0.05) is 15.7 Å². The second-order valence-corrected chi connectivity index (χ2v) is 4.98. The monoisotopic (exact) mass is 208 g/mol. The van der Waals surface area contributed by atoms with Crippen molar-refractivity contribution in [2.45, 2.75) is 37.3 Å². The third-order valence-electron chi connectivity index (χ3n) is 2.20. The molecule has 0 aliphatic heterocycles. The van der Waals surface area contributed by atoms with E-state index in [9.17, 15) is 4.79 Å². The summed E-state index contributed by atoms with van der Waals surface area (Å²) in [5.41, 5.74) is 1.95. The molecule has 0 spiro atoms. The molecule has 0 heterocycles. The van der Waals surface area contributed by atoms with E-state index in [0.29, 0.717) is 5.25 Å². The molecule has 1 unspecified atom stereocenters. The van der Waals surface area contributed by atoms with Crippen molar-refractivity contribution in [3.8, 4) is 0 Å². The van der Waals surface area contributed by atoms with Crippen LogP contribution in [0.3, 0.4) is 0 Å². The summed E-state index contributed by atoms with van der Waals surface area (Å²) in [6.07, 6.45) is 2.06. The van der Waals surface area contributed by atoms with Crippen LogP contribution in [-0.2, 0) is 0 Å². The molecule has 76 valence electrons. The van der Waals surface area contributed by atoms with Gasteiger partial charge in [0.2, 0.25) is 0 Å². The molecule has 0 amide bonds. The minimum absolute atomic E-state index is 0.566. The third-order valence-corrected chi connectivity index (χ3v) is 3.56. The summed E-state index contributed by atoms with van der Waals surface area (Å²) in [4.78, 5) is 11.9. The first-order chi connectivity index (χ1) is 6.67. The first-order valence-electron chi connectivity index (χ1n) is 4.89. The largest absolute Gasteiger partial charge is 0.298 e. The number of hydrogen-bond donors (Lipinski definition) is 0. The standard InChI is InChI=1S/C12H16OS/c1-4-10(3)14-12-6-5-9(2)7-11(12)8-13/h5-8,10H,4H2,1-3H3. The Kier molecular flexibility index (Phi) is 4.21. The van der Waals surface area contributed by atoms with Gasteiger partial charge in [-0.15, -0.1) is 11.8 Å². The van der Waals surface area contributed by atoms with Crippen LogP contribution in [0.5, 0.6) is 0 Å². The zero-order valence-electron chi connectivity index (χ0n) is 8.91. The number of benzene rings is 1. The van der Waals surface area contributed by atoms with Crippen molar-refractivity contribution in [1.29, 1.82) is 0 Å². The van der Waals surface area contributed by atoms with Crippen LogP contribution in [0.25, 0.3) is 0 Å². The molecule has 1 nitrogen and oxygen atoms in total. The molecule has 0 fully saturated rings. The molecule has 0 saturated heterocycles. The summed E-state index contributed by atoms with van der Waals surface area (Å²) in [5, 5.41) is 0.566. The Morgan fingerprint density at radius 3 is 2.79 bits per heavy atom. The molecule has 0 aliphatic rings. The zero-order valence-corrected chi connectivity index (χ0v) is 9.73. The van der Waals surface area contributed by atoms with E-state index in [1.807, 2.05) is 19.1 Å². The predicted octanol–water partition coefficient (Wildman–Crippen LogP) is 3.70.